The Morgan fingerprint density at radius 2 is 2.00 bits per heavy atom. The Labute approximate surface area is 104 Å². The van der Waals surface area contributed by atoms with E-state index < -0.39 is 0 Å². The van der Waals surface area contributed by atoms with Crippen LogP contribution in [0.3, 0.4) is 0 Å². The Kier molecular flexibility index (Phi) is 3.95. The number of rotatable bonds is 2. The Hall–Kier alpha value is -1.15. The standard InChI is InChI=1S/C15H22N2/c1-12-11-17(3)10-9-15(12)16-13(2)14-7-5-4-6-8-14/h4-8,12-13H,9-11H2,1-3H3/t12?,13-/m0/s1. The van der Waals surface area contributed by atoms with Crippen molar-refractivity contribution in [1.82, 2.24) is 4.90 Å². The summed E-state index contributed by atoms with van der Waals surface area (Å²) >= 11 is 0. The summed E-state index contributed by atoms with van der Waals surface area (Å²) in [5.74, 6) is 0.597. The van der Waals surface area contributed by atoms with E-state index in [2.05, 4.69) is 56.1 Å². The van der Waals surface area contributed by atoms with Crippen LogP contribution in [0.5, 0.6) is 0 Å². The highest BCUT2D eigenvalue weighted by molar-refractivity contribution is 5.87. The molecule has 1 aliphatic heterocycles. The summed E-state index contributed by atoms with van der Waals surface area (Å²) in [5.41, 5.74) is 2.70. The maximum absolute atomic E-state index is 4.91. The van der Waals surface area contributed by atoms with Gasteiger partial charge in [-0.15, -0.1) is 0 Å². The first kappa shape index (κ1) is 12.3. The average molecular weight is 230 g/mol. The van der Waals surface area contributed by atoms with E-state index in [9.17, 15) is 0 Å². The molecule has 1 aromatic rings. The molecule has 0 aromatic heterocycles. The van der Waals surface area contributed by atoms with Crippen molar-refractivity contribution in [2.45, 2.75) is 26.3 Å². The minimum atomic E-state index is 0.289. The quantitative estimate of drug-likeness (QED) is 0.762. The van der Waals surface area contributed by atoms with Crippen LogP contribution in [0.1, 0.15) is 31.9 Å². The first-order valence-electron chi connectivity index (χ1n) is 6.47. The van der Waals surface area contributed by atoms with Crippen LogP contribution in [-0.2, 0) is 0 Å². The van der Waals surface area contributed by atoms with Gasteiger partial charge in [0.1, 0.15) is 0 Å². The van der Waals surface area contributed by atoms with Gasteiger partial charge >= 0.3 is 0 Å². The lowest BCUT2D eigenvalue weighted by molar-refractivity contribution is 0.298. The van der Waals surface area contributed by atoms with E-state index in [4.69, 9.17) is 4.99 Å². The SMILES string of the molecule is CC1CN(C)CCC1=N[C@@H](C)c1ccccc1. The van der Waals surface area contributed by atoms with E-state index in [1.807, 2.05) is 0 Å². The highest BCUT2D eigenvalue weighted by atomic mass is 15.1. The maximum atomic E-state index is 4.91. The molecule has 1 unspecified atom stereocenters. The first-order chi connectivity index (χ1) is 8.16. The lowest BCUT2D eigenvalue weighted by Crippen LogP contribution is -2.37. The van der Waals surface area contributed by atoms with Crippen LogP contribution < -0.4 is 0 Å². The van der Waals surface area contributed by atoms with E-state index in [1.165, 1.54) is 11.3 Å². The van der Waals surface area contributed by atoms with Gasteiger partial charge < -0.3 is 4.90 Å². The molecule has 2 nitrogen and oxygen atoms in total. The molecule has 0 radical (unpaired) electrons. The van der Waals surface area contributed by atoms with Gasteiger partial charge in [-0.2, -0.15) is 0 Å². The highest BCUT2D eigenvalue weighted by Gasteiger charge is 2.20. The van der Waals surface area contributed by atoms with E-state index in [-0.39, 0.29) is 6.04 Å². The zero-order valence-corrected chi connectivity index (χ0v) is 11.1. The minimum Gasteiger partial charge on any atom is -0.305 e. The fourth-order valence-corrected chi connectivity index (χ4v) is 2.46. The van der Waals surface area contributed by atoms with E-state index in [1.54, 1.807) is 0 Å². The number of hydrogen-bond acceptors (Lipinski definition) is 2. The third-order valence-electron chi connectivity index (χ3n) is 3.55. The second-order valence-corrected chi connectivity index (χ2v) is 5.12. The number of hydrogen-bond donors (Lipinski definition) is 0. The zero-order chi connectivity index (χ0) is 12.3. The maximum Gasteiger partial charge on any atom is 0.0720 e. The third kappa shape index (κ3) is 3.16. The summed E-state index contributed by atoms with van der Waals surface area (Å²) in [6, 6.07) is 10.8. The van der Waals surface area contributed by atoms with Crippen molar-refractivity contribution in [2.24, 2.45) is 10.9 Å². The van der Waals surface area contributed by atoms with Crippen LogP contribution in [0.15, 0.2) is 35.3 Å². The van der Waals surface area contributed by atoms with Gasteiger partial charge in [0.05, 0.1) is 6.04 Å². The molecule has 2 atom stereocenters. The van der Waals surface area contributed by atoms with Gasteiger partial charge in [-0.05, 0) is 26.0 Å². The zero-order valence-electron chi connectivity index (χ0n) is 11.1. The Morgan fingerprint density at radius 3 is 2.65 bits per heavy atom. The van der Waals surface area contributed by atoms with Crippen molar-refractivity contribution in [3.63, 3.8) is 0 Å². The average Bonchev–Trinajstić information content (AvgIpc) is 2.34. The number of likely N-dealkylation sites (tertiary alicyclic amines) is 1. The second-order valence-electron chi connectivity index (χ2n) is 5.12. The predicted octanol–water partition coefficient (Wildman–Crippen LogP) is 3.16. The second kappa shape index (κ2) is 5.46. The Morgan fingerprint density at radius 1 is 1.29 bits per heavy atom. The van der Waals surface area contributed by atoms with Crippen LogP contribution in [0, 0.1) is 5.92 Å². The topological polar surface area (TPSA) is 15.6 Å². The predicted molar refractivity (Wildman–Crippen MR) is 73.6 cm³/mol. The lowest BCUT2D eigenvalue weighted by Gasteiger charge is -2.29. The molecule has 1 aliphatic rings. The monoisotopic (exact) mass is 230 g/mol. The van der Waals surface area contributed by atoms with Crippen LogP contribution in [0.25, 0.3) is 0 Å². The van der Waals surface area contributed by atoms with Crippen molar-refractivity contribution >= 4 is 5.71 Å². The molecule has 1 heterocycles. The molecule has 0 bridgehead atoms. The smallest absolute Gasteiger partial charge is 0.0720 e. The molecule has 1 fully saturated rings. The summed E-state index contributed by atoms with van der Waals surface area (Å²) in [7, 11) is 2.19. The summed E-state index contributed by atoms with van der Waals surface area (Å²) in [6.07, 6.45) is 1.12. The minimum absolute atomic E-state index is 0.289. The van der Waals surface area contributed by atoms with Crippen LogP contribution >= 0.6 is 0 Å². The molecule has 1 aromatic carbocycles. The van der Waals surface area contributed by atoms with Gasteiger partial charge in [-0.3, -0.25) is 4.99 Å². The Bertz CT molecular complexity index is 383. The summed E-state index contributed by atoms with van der Waals surface area (Å²) in [6.45, 7) is 6.75. The van der Waals surface area contributed by atoms with Gasteiger partial charge in [-0.1, -0.05) is 37.3 Å². The normalized spacial score (nSPS) is 26.1. The van der Waals surface area contributed by atoms with Gasteiger partial charge in [0, 0.05) is 24.7 Å². The van der Waals surface area contributed by atoms with E-state index in [0.717, 1.165) is 19.5 Å². The third-order valence-corrected chi connectivity index (χ3v) is 3.55. The van der Waals surface area contributed by atoms with Gasteiger partial charge in [0.15, 0.2) is 0 Å². The van der Waals surface area contributed by atoms with Crippen molar-refractivity contribution in [1.29, 1.82) is 0 Å². The van der Waals surface area contributed by atoms with Crippen molar-refractivity contribution < 1.29 is 0 Å². The largest absolute Gasteiger partial charge is 0.305 e. The summed E-state index contributed by atoms with van der Waals surface area (Å²) in [5, 5.41) is 0. The highest BCUT2D eigenvalue weighted by Crippen LogP contribution is 2.20. The fourth-order valence-electron chi connectivity index (χ4n) is 2.46. The Balaban J connectivity index is 2.09. The molecular weight excluding hydrogens is 208 g/mol. The van der Waals surface area contributed by atoms with E-state index >= 15 is 0 Å². The molecule has 2 heteroatoms. The van der Waals surface area contributed by atoms with Crippen LogP contribution in [0.4, 0.5) is 0 Å². The molecule has 2 rings (SSSR count). The molecule has 0 spiro atoms. The van der Waals surface area contributed by atoms with Gasteiger partial charge in [0.2, 0.25) is 0 Å². The van der Waals surface area contributed by atoms with Crippen LogP contribution in [-0.4, -0.2) is 30.7 Å². The van der Waals surface area contributed by atoms with Crippen molar-refractivity contribution in [2.75, 3.05) is 20.1 Å². The summed E-state index contributed by atoms with van der Waals surface area (Å²) < 4.78 is 0. The number of benzene rings is 1. The van der Waals surface area contributed by atoms with E-state index in [0.29, 0.717) is 5.92 Å². The summed E-state index contributed by atoms with van der Waals surface area (Å²) in [4.78, 5) is 7.30. The number of nitrogens with zero attached hydrogens (tertiary/aromatic N) is 2. The molecule has 92 valence electrons. The number of aliphatic imine (C=N–C) groups is 1. The molecule has 1 saturated heterocycles. The van der Waals surface area contributed by atoms with Gasteiger partial charge in [-0.25, -0.2) is 0 Å². The molecular formula is C15H22N2. The van der Waals surface area contributed by atoms with Crippen LogP contribution in [0.2, 0.25) is 0 Å². The van der Waals surface area contributed by atoms with Crippen molar-refractivity contribution in [3.8, 4) is 0 Å². The molecule has 0 saturated carbocycles. The van der Waals surface area contributed by atoms with Gasteiger partial charge in [0.25, 0.3) is 0 Å². The van der Waals surface area contributed by atoms with Crippen molar-refractivity contribution in [3.05, 3.63) is 35.9 Å². The fraction of sp³-hybridized carbons (Fsp3) is 0.533. The molecule has 0 N–H and O–H groups in total. The number of piperidine rings is 1. The lowest BCUT2D eigenvalue weighted by atomic mass is 9.97. The molecule has 17 heavy (non-hydrogen) atoms. The molecule has 0 amide bonds. The molecule has 0 aliphatic carbocycles. The first-order valence-corrected chi connectivity index (χ1v) is 6.47.